The maximum Gasteiger partial charge on any atom is 0.192 e. The summed E-state index contributed by atoms with van der Waals surface area (Å²) in [5.41, 5.74) is 6.98. The number of nitrogens with zero attached hydrogens (tertiary/aromatic N) is 2. The van der Waals surface area contributed by atoms with Gasteiger partial charge in [0.15, 0.2) is 5.96 Å². The van der Waals surface area contributed by atoms with Crippen LogP contribution in [-0.2, 0) is 0 Å². The van der Waals surface area contributed by atoms with Crippen LogP contribution in [-0.4, -0.2) is 23.4 Å². The Balaban J connectivity index is 1.88. The molecule has 1 aromatic carbocycles. The van der Waals surface area contributed by atoms with Crippen LogP contribution in [0.25, 0.3) is 0 Å². The third-order valence-electron chi connectivity index (χ3n) is 4.07. The highest BCUT2D eigenvalue weighted by molar-refractivity contribution is 9.10. The van der Waals surface area contributed by atoms with Gasteiger partial charge < -0.3 is 10.6 Å². The maximum atomic E-state index is 13.7. The number of nitrogens with two attached hydrogens (primary N) is 1. The van der Waals surface area contributed by atoms with Crippen molar-refractivity contribution in [3.63, 3.8) is 0 Å². The van der Waals surface area contributed by atoms with E-state index >= 15 is 0 Å². The molecule has 0 spiro atoms. The lowest BCUT2D eigenvalue weighted by Gasteiger charge is -2.32. The summed E-state index contributed by atoms with van der Waals surface area (Å²) in [5, 5.41) is 0. The number of hydrogen-bond donors (Lipinski definition) is 1. The molecule has 0 radical (unpaired) electrons. The molecule has 1 aliphatic heterocycles. The van der Waals surface area contributed by atoms with Gasteiger partial charge in [-0.05, 0) is 46.5 Å². The van der Waals surface area contributed by atoms with E-state index < -0.39 is 0 Å². The van der Waals surface area contributed by atoms with E-state index in [1.54, 1.807) is 12.1 Å². The van der Waals surface area contributed by atoms with E-state index in [9.17, 15) is 4.39 Å². The average molecular weight is 326 g/mol. The predicted molar refractivity (Wildman–Crippen MR) is 77.4 cm³/mol. The third-order valence-corrected chi connectivity index (χ3v) is 4.72. The normalized spacial score (nSPS) is 24.0. The summed E-state index contributed by atoms with van der Waals surface area (Å²) in [6.45, 7) is 0.628. The van der Waals surface area contributed by atoms with Gasteiger partial charge in [-0.15, -0.1) is 0 Å². The first-order valence-corrected chi connectivity index (χ1v) is 7.49. The van der Waals surface area contributed by atoms with Crippen molar-refractivity contribution >= 4 is 21.9 Å². The maximum absolute atomic E-state index is 13.7. The number of rotatable bonds is 2. The molecule has 2 aliphatic rings. The zero-order valence-corrected chi connectivity index (χ0v) is 12.2. The second-order valence-corrected chi connectivity index (χ2v) is 6.09. The highest BCUT2D eigenvalue weighted by atomic mass is 79.9. The summed E-state index contributed by atoms with van der Waals surface area (Å²) in [6, 6.07) is 5.85. The molecule has 1 heterocycles. The molecule has 3 rings (SSSR count). The molecule has 0 saturated heterocycles. The van der Waals surface area contributed by atoms with Gasteiger partial charge in [0.05, 0.1) is 17.1 Å². The first-order valence-electron chi connectivity index (χ1n) is 6.70. The van der Waals surface area contributed by atoms with Crippen molar-refractivity contribution < 1.29 is 4.39 Å². The lowest BCUT2D eigenvalue weighted by molar-refractivity contribution is 0.261. The van der Waals surface area contributed by atoms with Crippen LogP contribution < -0.4 is 5.73 Å². The molecule has 1 fully saturated rings. The Hall–Kier alpha value is -1.10. The van der Waals surface area contributed by atoms with E-state index in [4.69, 9.17) is 5.73 Å². The zero-order valence-electron chi connectivity index (χ0n) is 10.6. The Bertz CT molecular complexity index is 511. The number of aliphatic imine (C=N–C) groups is 1. The smallest absolute Gasteiger partial charge is 0.192 e. The van der Waals surface area contributed by atoms with Crippen molar-refractivity contribution in [2.24, 2.45) is 10.7 Å². The fourth-order valence-electron chi connectivity index (χ4n) is 3.12. The fourth-order valence-corrected chi connectivity index (χ4v) is 3.37. The number of halogens is 2. The van der Waals surface area contributed by atoms with Gasteiger partial charge in [0, 0.05) is 6.04 Å². The van der Waals surface area contributed by atoms with E-state index in [-0.39, 0.29) is 11.9 Å². The highest BCUT2D eigenvalue weighted by Gasteiger charge is 2.34. The molecule has 5 heteroatoms. The van der Waals surface area contributed by atoms with Gasteiger partial charge in [-0.3, -0.25) is 4.99 Å². The summed E-state index contributed by atoms with van der Waals surface area (Å²) in [4.78, 5) is 6.55. The molecular weight excluding hydrogens is 309 g/mol. The minimum absolute atomic E-state index is 0.0886. The Morgan fingerprint density at radius 2 is 2.05 bits per heavy atom. The quantitative estimate of drug-likeness (QED) is 0.907. The van der Waals surface area contributed by atoms with Crippen molar-refractivity contribution in [2.45, 2.75) is 37.8 Å². The predicted octanol–water partition coefficient (Wildman–Crippen LogP) is 3.20. The first-order chi connectivity index (χ1) is 9.16. The Morgan fingerprint density at radius 1 is 1.32 bits per heavy atom. The summed E-state index contributed by atoms with van der Waals surface area (Å²) in [7, 11) is 0. The zero-order chi connectivity index (χ0) is 13.4. The SMILES string of the molecule is NC1=NCC(c2ccc(Br)c(F)c2)N1C1CCCC1. The molecule has 0 amide bonds. The van der Waals surface area contributed by atoms with E-state index in [1.165, 1.54) is 12.8 Å². The van der Waals surface area contributed by atoms with Crippen LogP contribution in [0.5, 0.6) is 0 Å². The Morgan fingerprint density at radius 3 is 2.74 bits per heavy atom. The first kappa shape index (κ1) is 12.9. The monoisotopic (exact) mass is 325 g/mol. The minimum Gasteiger partial charge on any atom is -0.370 e. The summed E-state index contributed by atoms with van der Waals surface area (Å²) in [5.74, 6) is 0.384. The van der Waals surface area contributed by atoms with E-state index in [0.717, 1.165) is 18.4 Å². The van der Waals surface area contributed by atoms with Crippen LogP contribution in [0, 0.1) is 5.82 Å². The minimum atomic E-state index is -0.227. The van der Waals surface area contributed by atoms with Gasteiger partial charge in [0.25, 0.3) is 0 Å². The number of hydrogen-bond acceptors (Lipinski definition) is 3. The largest absolute Gasteiger partial charge is 0.370 e. The molecular formula is C14H17BrFN3. The van der Waals surface area contributed by atoms with Crippen LogP contribution in [0.1, 0.15) is 37.3 Å². The summed E-state index contributed by atoms with van der Waals surface area (Å²) in [6.07, 6.45) is 4.81. The summed E-state index contributed by atoms with van der Waals surface area (Å²) < 4.78 is 14.2. The van der Waals surface area contributed by atoms with E-state index in [0.29, 0.717) is 23.0 Å². The molecule has 1 unspecified atom stereocenters. The molecule has 0 bridgehead atoms. The molecule has 19 heavy (non-hydrogen) atoms. The standard InChI is InChI=1S/C14H17BrFN3/c15-11-6-5-9(7-12(11)16)13-8-18-14(17)19(13)10-3-1-2-4-10/h5-7,10,13H,1-4,8H2,(H2,17,18). The molecule has 1 aliphatic carbocycles. The average Bonchev–Trinajstić information content (AvgIpc) is 3.01. The molecule has 1 aromatic rings. The van der Waals surface area contributed by atoms with Crippen molar-refractivity contribution in [2.75, 3.05) is 6.54 Å². The van der Waals surface area contributed by atoms with Crippen LogP contribution in [0.3, 0.4) is 0 Å². The topological polar surface area (TPSA) is 41.6 Å². The number of benzene rings is 1. The summed E-state index contributed by atoms with van der Waals surface area (Å²) >= 11 is 3.19. The second kappa shape index (κ2) is 5.12. The van der Waals surface area contributed by atoms with Crippen molar-refractivity contribution in [1.82, 2.24) is 4.90 Å². The van der Waals surface area contributed by atoms with Crippen molar-refractivity contribution in [3.8, 4) is 0 Å². The van der Waals surface area contributed by atoms with Gasteiger partial charge in [-0.2, -0.15) is 0 Å². The Kier molecular flexibility index (Phi) is 3.48. The van der Waals surface area contributed by atoms with Gasteiger partial charge in [0.2, 0.25) is 0 Å². The molecule has 0 aromatic heterocycles. The van der Waals surface area contributed by atoms with E-state index in [1.807, 2.05) is 6.07 Å². The van der Waals surface area contributed by atoms with Gasteiger partial charge >= 0.3 is 0 Å². The fraction of sp³-hybridized carbons (Fsp3) is 0.500. The highest BCUT2D eigenvalue weighted by Crippen LogP contribution is 2.34. The second-order valence-electron chi connectivity index (χ2n) is 5.23. The third kappa shape index (κ3) is 2.36. The Labute approximate surface area is 120 Å². The van der Waals surface area contributed by atoms with Crippen molar-refractivity contribution in [1.29, 1.82) is 0 Å². The van der Waals surface area contributed by atoms with E-state index in [2.05, 4.69) is 25.8 Å². The van der Waals surface area contributed by atoms with Crippen LogP contribution >= 0.6 is 15.9 Å². The molecule has 3 nitrogen and oxygen atoms in total. The lowest BCUT2D eigenvalue weighted by atomic mass is 10.0. The molecule has 1 saturated carbocycles. The molecule has 1 atom stereocenters. The van der Waals surface area contributed by atoms with Gasteiger partial charge in [0.1, 0.15) is 5.82 Å². The molecule has 102 valence electrons. The van der Waals surface area contributed by atoms with Crippen molar-refractivity contribution in [3.05, 3.63) is 34.1 Å². The van der Waals surface area contributed by atoms with Gasteiger partial charge in [-0.25, -0.2) is 4.39 Å². The lowest BCUT2D eigenvalue weighted by Crippen LogP contribution is -2.42. The van der Waals surface area contributed by atoms with Gasteiger partial charge in [-0.1, -0.05) is 18.9 Å². The van der Waals surface area contributed by atoms with Crippen LogP contribution in [0.4, 0.5) is 4.39 Å². The van der Waals surface area contributed by atoms with Crippen LogP contribution in [0.15, 0.2) is 27.7 Å². The van der Waals surface area contributed by atoms with Crippen LogP contribution in [0.2, 0.25) is 0 Å². The number of guanidine groups is 1. The molecule has 2 N–H and O–H groups in total.